The molecule has 7 nitrogen and oxygen atoms in total. The van der Waals surface area contributed by atoms with E-state index in [0.717, 1.165) is 35.0 Å². The number of likely N-dealkylation sites (tertiary alicyclic amines) is 1. The molecule has 3 aromatic rings. The van der Waals surface area contributed by atoms with E-state index in [1.807, 2.05) is 54.3 Å². The minimum Gasteiger partial charge on any atom is -0.383 e. The summed E-state index contributed by atoms with van der Waals surface area (Å²) in [6.07, 6.45) is 1.61. The lowest BCUT2D eigenvalue weighted by Crippen LogP contribution is -2.38. The van der Waals surface area contributed by atoms with Crippen LogP contribution in [0.1, 0.15) is 41.9 Å². The van der Waals surface area contributed by atoms with Gasteiger partial charge in [0.2, 0.25) is 0 Å². The molecule has 2 aromatic carbocycles. The molecule has 1 fully saturated rings. The van der Waals surface area contributed by atoms with Crippen LogP contribution in [0, 0.1) is 0 Å². The Labute approximate surface area is 175 Å². The molecule has 0 N–H and O–H groups in total. The van der Waals surface area contributed by atoms with Crippen molar-refractivity contribution in [2.75, 3.05) is 26.8 Å². The highest BCUT2D eigenvalue weighted by Gasteiger charge is 2.28. The molecular weight excluding hydrogens is 380 g/mol. The highest BCUT2D eigenvalue weighted by Crippen LogP contribution is 2.27. The van der Waals surface area contributed by atoms with E-state index in [-0.39, 0.29) is 17.5 Å². The molecule has 1 aliphatic rings. The SMILES string of the molecule is CCn1c(C2CCN(C(=O)c3ccc4ccccc4c3)CC2)nn(CCOC)c1=O. The van der Waals surface area contributed by atoms with E-state index in [0.29, 0.717) is 32.8 Å². The first-order valence-corrected chi connectivity index (χ1v) is 10.6. The summed E-state index contributed by atoms with van der Waals surface area (Å²) < 4.78 is 8.33. The van der Waals surface area contributed by atoms with Gasteiger partial charge >= 0.3 is 5.69 Å². The number of carbonyl (C=O) groups is 1. The molecule has 4 rings (SSSR count). The van der Waals surface area contributed by atoms with Crippen LogP contribution in [0.5, 0.6) is 0 Å². The van der Waals surface area contributed by atoms with Crippen molar-refractivity contribution in [1.29, 1.82) is 0 Å². The van der Waals surface area contributed by atoms with Crippen LogP contribution in [0.4, 0.5) is 0 Å². The molecule has 0 aliphatic carbocycles. The molecule has 0 atom stereocenters. The van der Waals surface area contributed by atoms with Crippen molar-refractivity contribution in [3.63, 3.8) is 0 Å². The van der Waals surface area contributed by atoms with E-state index in [4.69, 9.17) is 4.74 Å². The fourth-order valence-corrected chi connectivity index (χ4v) is 4.23. The first-order valence-electron chi connectivity index (χ1n) is 10.6. The highest BCUT2D eigenvalue weighted by atomic mass is 16.5. The maximum atomic E-state index is 13.0. The van der Waals surface area contributed by atoms with E-state index in [2.05, 4.69) is 5.10 Å². The van der Waals surface area contributed by atoms with Gasteiger partial charge in [-0.1, -0.05) is 30.3 Å². The molecule has 0 radical (unpaired) electrons. The largest absolute Gasteiger partial charge is 0.383 e. The van der Waals surface area contributed by atoms with Crippen molar-refractivity contribution in [2.24, 2.45) is 0 Å². The van der Waals surface area contributed by atoms with Crippen LogP contribution in [0.3, 0.4) is 0 Å². The third kappa shape index (κ3) is 3.89. The van der Waals surface area contributed by atoms with E-state index < -0.39 is 0 Å². The summed E-state index contributed by atoms with van der Waals surface area (Å²) in [5.41, 5.74) is 0.640. The zero-order valence-corrected chi connectivity index (χ0v) is 17.6. The van der Waals surface area contributed by atoms with Gasteiger partial charge in [-0.2, -0.15) is 5.10 Å². The zero-order valence-electron chi connectivity index (χ0n) is 17.6. The van der Waals surface area contributed by atoms with Crippen molar-refractivity contribution in [2.45, 2.75) is 38.8 Å². The number of aromatic nitrogens is 3. The molecule has 0 spiro atoms. The molecule has 0 unspecified atom stereocenters. The number of methoxy groups -OCH3 is 1. The number of amides is 1. The van der Waals surface area contributed by atoms with Gasteiger partial charge in [0, 0.05) is 38.2 Å². The van der Waals surface area contributed by atoms with Gasteiger partial charge in [0.25, 0.3) is 5.91 Å². The van der Waals surface area contributed by atoms with Crippen molar-refractivity contribution in [3.05, 3.63) is 64.3 Å². The van der Waals surface area contributed by atoms with Crippen molar-refractivity contribution >= 4 is 16.7 Å². The molecular formula is C23H28N4O3. The Bertz CT molecular complexity index is 1090. The summed E-state index contributed by atoms with van der Waals surface area (Å²) in [6, 6.07) is 13.9. The molecule has 0 bridgehead atoms. The summed E-state index contributed by atoms with van der Waals surface area (Å²) in [7, 11) is 1.62. The van der Waals surface area contributed by atoms with Gasteiger partial charge in [-0.15, -0.1) is 0 Å². The molecule has 7 heteroatoms. The minimum absolute atomic E-state index is 0.0673. The normalized spacial score (nSPS) is 15.1. The lowest BCUT2D eigenvalue weighted by atomic mass is 9.95. The number of rotatable bonds is 6. The van der Waals surface area contributed by atoms with Crippen LogP contribution in [-0.4, -0.2) is 52.0 Å². The maximum absolute atomic E-state index is 13.0. The van der Waals surface area contributed by atoms with Crippen LogP contribution < -0.4 is 5.69 Å². The number of hydrogen-bond donors (Lipinski definition) is 0. The maximum Gasteiger partial charge on any atom is 0.345 e. The molecule has 1 saturated heterocycles. The lowest BCUT2D eigenvalue weighted by Gasteiger charge is -2.31. The Balaban J connectivity index is 1.47. The third-order valence-corrected chi connectivity index (χ3v) is 5.92. The predicted octanol–water partition coefficient (Wildman–Crippen LogP) is 2.88. The van der Waals surface area contributed by atoms with Crippen LogP contribution in [-0.2, 0) is 17.8 Å². The average Bonchev–Trinajstić information content (AvgIpc) is 3.12. The Morgan fingerprint density at radius 3 is 2.57 bits per heavy atom. The lowest BCUT2D eigenvalue weighted by molar-refractivity contribution is 0.0710. The quantitative estimate of drug-likeness (QED) is 0.629. The van der Waals surface area contributed by atoms with Crippen molar-refractivity contribution in [1.82, 2.24) is 19.2 Å². The highest BCUT2D eigenvalue weighted by molar-refractivity contribution is 5.98. The molecule has 30 heavy (non-hydrogen) atoms. The smallest absolute Gasteiger partial charge is 0.345 e. The second-order valence-electron chi connectivity index (χ2n) is 7.73. The Morgan fingerprint density at radius 1 is 1.13 bits per heavy atom. The number of hydrogen-bond acceptors (Lipinski definition) is 4. The Hall–Kier alpha value is -2.93. The topological polar surface area (TPSA) is 69.4 Å². The monoisotopic (exact) mass is 408 g/mol. The van der Waals surface area contributed by atoms with Gasteiger partial charge < -0.3 is 9.64 Å². The molecule has 1 aliphatic heterocycles. The number of benzene rings is 2. The van der Waals surface area contributed by atoms with E-state index >= 15 is 0 Å². The van der Waals surface area contributed by atoms with Crippen LogP contribution in [0.2, 0.25) is 0 Å². The van der Waals surface area contributed by atoms with Crippen molar-refractivity contribution in [3.8, 4) is 0 Å². The third-order valence-electron chi connectivity index (χ3n) is 5.92. The molecule has 1 amide bonds. The van der Waals surface area contributed by atoms with Crippen LogP contribution >= 0.6 is 0 Å². The number of nitrogens with zero attached hydrogens (tertiary/aromatic N) is 4. The Kier molecular flexibility index (Phi) is 5.99. The van der Waals surface area contributed by atoms with Gasteiger partial charge in [0.1, 0.15) is 5.82 Å². The fourth-order valence-electron chi connectivity index (χ4n) is 4.23. The first-order chi connectivity index (χ1) is 14.6. The first kappa shape index (κ1) is 20.3. The van der Waals surface area contributed by atoms with Gasteiger partial charge in [-0.25, -0.2) is 9.48 Å². The molecule has 158 valence electrons. The Morgan fingerprint density at radius 2 is 1.87 bits per heavy atom. The second-order valence-corrected chi connectivity index (χ2v) is 7.73. The summed E-state index contributed by atoms with van der Waals surface area (Å²) in [5, 5.41) is 6.80. The summed E-state index contributed by atoms with van der Waals surface area (Å²) >= 11 is 0. The standard InChI is InChI=1S/C23H28N4O3/c1-3-26-21(24-27(23(26)29)14-15-30-2)18-10-12-25(13-11-18)22(28)20-9-8-17-6-4-5-7-19(17)16-20/h4-9,16,18H,3,10-15H2,1-2H3. The van der Waals surface area contributed by atoms with E-state index in [1.165, 1.54) is 4.68 Å². The number of ether oxygens (including phenoxy) is 1. The number of fused-ring (bicyclic) bond motifs is 1. The average molecular weight is 409 g/mol. The molecule has 1 aromatic heterocycles. The summed E-state index contributed by atoms with van der Waals surface area (Å²) in [5.74, 6) is 1.08. The summed E-state index contributed by atoms with van der Waals surface area (Å²) in [4.78, 5) is 27.5. The van der Waals surface area contributed by atoms with Crippen LogP contribution in [0.15, 0.2) is 47.3 Å². The minimum atomic E-state index is -0.0841. The zero-order chi connectivity index (χ0) is 21.1. The van der Waals surface area contributed by atoms with Gasteiger partial charge in [-0.3, -0.25) is 9.36 Å². The van der Waals surface area contributed by atoms with Gasteiger partial charge in [0.05, 0.1) is 13.2 Å². The molecule has 2 heterocycles. The number of piperidine rings is 1. The van der Waals surface area contributed by atoms with Gasteiger partial charge in [0.15, 0.2) is 0 Å². The number of carbonyl (C=O) groups excluding carboxylic acids is 1. The fraction of sp³-hybridized carbons (Fsp3) is 0.435. The van der Waals surface area contributed by atoms with Crippen molar-refractivity contribution < 1.29 is 9.53 Å². The van der Waals surface area contributed by atoms with Crippen LogP contribution in [0.25, 0.3) is 10.8 Å². The molecule has 0 saturated carbocycles. The van der Waals surface area contributed by atoms with E-state index in [9.17, 15) is 9.59 Å². The summed E-state index contributed by atoms with van der Waals surface area (Å²) in [6.45, 7) is 4.80. The van der Waals surface area contributed by atoms with Gasteiger partial charge in [-0.05, 0) is 42.7 Å². The van der Waals surface area contributed by atoms with E-state index in [1.54, 1.807) is 11.7 Å². The predicted molar refractivity (Wildman–Crippen MR) is 116 cm³/mol. The second kappa shape index (κ2) is 8.83.